The van der Waals surface area contributed by atoms with E-state index in [0.29, 0.717) is 24.8 Å². The Morgan fingerprint density at radius 2 is 1.92 bits per heavy atom. The Hall–Kier alpha value is -2.04. The number of carbonyl (C=O) groups is 2. The van der Waals surface area contributed by atoms with Gasteiger partial charge in [-0.3, -0.25) is 10.1 Å². The van der Waals surface area contributed by atoms with E-state index in [1.807, 2.05) is 18.2 Å². The van der Waals surface area contributed by atoms with Crippen molar-refractivity contribution in [3.05, 3.63) is 29.8 Å². The van der Waals surface area contributed by atoms with Crippen LogP contribution in [0.15, 0.2) is 24.3 Å². The Morgan fingerprint density at radius 1 is 1.12 bits per heavy atom. The Kier molecular flexibility index (Phi) is 9.01. The fourth-order valence-corrected chi connectivity index (χ4v) is 3.32. The first-order valence-corrected chi connectivity index (χ1v) is 9.99. The number of unbranched alkanes of at least 4 members (excludes halogenated alkanes) is 3. The van der Waals surface area contributed by atoms with Gasteiger partial charge in [0.2, 0.25) is 5.91 Å². The summed E-state index contributed by atoms with van der Waals surface area (Å²) in [7, 11) is 0. The summed E-state index contributed by atoms with van der Waals surface area (Å²) in [5.41, 5.74) is 1.55. The van der Waals surface area contributed by atoms with Crippen molar-refractivity contribution in [1.29, 1.82) is 0 Å². The summed E-state index contributed by atoms with van der Waals surface area (Å²) >= 11 is 0. The molecule has 1 aromatic rings. The molecule has 144 valence electrons. The predicted molar refractivity (Wildman–Crippen MR) is 104 cm³/mol. The Bertz CT molecular complexity index is 568. The van der Waals surface area contributed by atoms with Crippen molar-refractivity contribution in [1.82, 2.24) is 5.32 Å². The number of benzene rings is 1. The molecule has 2 rings (SSSR count). The van der Waals surface area contributed by atoms with Crippen LogP contribution in [0, 0.1) is 0 Å². The average molecular weight is 360 g/mol. The van der Waals surface area contributed by atoms with Crippen molar-refractivity contribution >= 4 is 17.7 Å². The molecule has 0 unspecified atom stereocenters. The molecule has 1 fully saturated rings. The molecule has 5 heteroatoms. The Morgan fingerprint density at radius 3 is 2.69 bits per heavy atom. The summed E-state index contributed by atoms with van der Waals surface area (Å²) < 4.78 is 5.18. The van der Waals surface area contributed by atoms with Crippen molar-refractivity contribution in [2.75, 3.05) is 11.9 Å². The number of hydrogen-bond acceptors (Lipinski definition) is 3. The minimum atomic E-state index is -0.440. The number of hydrogen-bond donors (Lipinski definition) is 2. The summed E-state index contributed by atoms with van der Waals surface area (Å²) in [6.07, 6.45) is 10.0. The zero-order valence-electron chi connectivity index (χ0n) is 15.9. The lowest BCUT2D eigenvalue weighted by Crippen LogP contribution is -2.37. The molecule has 0 aliphatic heterocycles. The highest BCUT2D eigenvalue weighted by molar-refractivity contribution is 5.85. The number of ether oxygens (including phenoxy) is 1. The lowest BCUT2D eigenvalue weighted by molar-refractivity contribution is -0.121. The normalized spacial score (nSPS) is 14.7. The largest absolute Gasteiger partial charge is 0.449 e. The average Bonchev–Trinajstić information content (AvgIpc) is 2.62. The van der Waals surface area contributed by atoms with Gasteiger partial charge in [-0.05, 0) is 37.0 Å². The maximum absolute atomic E-state index is 12.2. The standard InChI is InChI=1S/C21H32N2O3/c1-2-3-4-8-14-26-21(25)23-19-13-9-10-17(15-19)16-20(24)22-18-11-6-5-7-12-18/h9-10,13,15,18H,2-8,11-12,14,16H2,1H3,(H,22,24)(H,23,25). The Labute approximate surface area is 156 Å². The van der Waals surface area contributed by atoms with Gasteiger partial charge in [0.15, 0.2) is 0 Å². The van der Waals surface area contributed by atoms with Gasteiger partial charge in [0.05, 0.1) is 13.0 Å². The number of anilines is 1. The molecule has 0 bridgehead atoms. The Balaban J connectivity index is 1.74. The summed E-state index contributed by atoms with van der Waals surface area (Å²) in [5, 5.41) is 5.86. The summed E-state index contributed by atoms with van der Waals surface area (Å²) in [6.45, 7) is 2.59. The van der Waals surface area contributed by atoms with E-state index in [1.165, 1.54) is 19.3 Å². The maximum Gasteiger partial charge on any atom is 0.411 e. The van der Waals surface area contributed by atoms with E-state index in [-0.39, 0.29) is 5.91 Å². The lowest BCUT2D eigenvalue weighted by atomic mass is 9.95. The van der Waals surface area contributed by atoms with Crippen LogP contribution in [0.4, 0.5) is 10.5 Å². The molecule has 5 nitrogen and oxygen atoms in total. The summed E-state index contributed by atoms with van der Waals surface area (Å²) in [4.78, 5) is 24.0. The fraction of sp³-hybridized carbons (Fsp3) is 0.619. The van der Waals surface area contributed by atoms with E-state index >= 15 is 0 Å². The van der Waals surface area contributed by atoms with Crippen molar-refractivity contribution in [3.63, 3.8) is 0 Å². The quantitative estimate of drug-likeness (QED) is 0.621. The van der Waals surface area contributed by atoms with E-state index in [9.17, 15) is 9.59 Å². The molecular formula is C21H32N2O3. The highest BCUT2D eigenvalue weighted by Gasteiger charge is 2.16. The molecular weight excluding hydrogens is 328 g/mol. The summed E-state index contributed by atoms with van der Waals surface area (Å²) in [6, 6.07) is 7.71. The third-order valence-electron chi connectivity index (χ3n) is 4.74. The SMILES string of the molecule is CCCCCCOC(=O)Nc1cccc(CC(=O)NC2CCCCC2)c1. The van der Waals surface area contributed by atoms with Crippen molar-refractivity contribution in [2.45, 2.75) is 77.2 Å². The van der Waals surface area contributed by atoms with E-state index in [2.05, 4.69) is 17.6 Å². The topological polar surface area (TPSA) is 67.4 Å². The number of rotatable bonds is 9. The second-order valence-corrected chi connectivity index (χ2v) is 7.10. The first-order chi connectivity index (χ1) is 12.7. The van der Waals surface area contributed by atoms with Crippen LogP contribution in [0.25, 0.3) is 0 Å². The van der Waals surface area contributed by atoms with Crippen LogP contribution in [-0.2, 0) is 16.0 Å². The molecule has 1 saturated carbocycles. The lowest BCUT2D eigenvalue weighted by Gasteiger charge is -2.22. The third kappa shape index (κ3) is 7.89. The van der Waals surface area contributed by atoms with Crippen molar-refractivity contribution in [2.24, 2.45) is 0 Å². The minimum Gasteiger partial charge on any atom is -0.449 e. The predicted octanol–water partition coefficient (Wildman–Crippen LogP) is 4.81. The number of carbonyl (C=O) groups excluding carboxylic acids is 2. The number of amides is 2. The van der Waals surface area contributed by atoms with Crippen LogP contribution >= 0.6 is 0 Å². The van der Waals surface area contributed by atoms with Crippen LogP contribution in [-0.4, -0.2) is 24.6 Å². The van der Waals surface area contributed by atoms with Gasteiger partial charge < -0.3 is 10.1 Å². The summed E-state index contributed by atoms with van der Waals surface area (Å²) in [5.74, 6) is 0.0487. The van der Waals surface area contributed by atoms with E-state index in [1.54, 1.807) is 6.07 Å². The molecule has 0 saturated heterocycles. The molecule has 1 aromatic carbocycles. The van der Waals surface area contributed by atoms with Crippen LogP contribution in [0.5, 0.6) is 0 Å². The van der Waals surface area contributed by atoms with Gasteiger partial charge in [-0.1, -0.05) is 57.6 Å². The minimum absolute atomic E-state index is 0.0487. The molecule has 0 atom stereocenters. The molecule has 0 aromatic heterocycles. The van der Waals surface area contributed by atoms with Crippen molar-refractivity contribution in [3.8, 4) is 0 Å². The molecule has 1 aliphatic carbocycles. The van der Waals surface area contributed by atoms with E-state index in [4.69, 9.17) is 4.74 Å². The highest BCUT2D eigenvalue weighted by atomic mass is 16.5. The molecule has 26 heavy (non-hydrogen) atoms. The molecule has 2 N–H and O–H groups in total. The second kappa shape index (κ2) is 11.6. The molecule has 0 radical (unpaired) electrons. The molecule has 2 amide bonds. The van der Waals surface area contributed by atoms with Gasteiger partial charge in [-0.2, -0.15) is 0 Å². The zero-order chi connectivity index (χ0) is 18.6. The van der Waals surface area contributed by atoms with Gasteiger partial charge >= 0.3 is 6.09 Å². The zero-order valence-corrected chi connectivity index (χ0v) is 15.9. The second-order valence-electron chi connectivity index (χ2n) is 7.10. The first-order valence-electron chi connectivity index (χ1n) is 9.99. The number of nitrogens with one attached hydrogen (secondary N) is 2. The molecule has 1 aliphatic rings. The van der Waals surface area contributed by atoms with Crippen molar-refractivity contribution < 1.29 is 14.3 Å². The van der Waals surface area contributed by atoms with Gasteiger partial charge in [0.25, 0.3) is 0 Å². The maximum atomic E-state index is 12.2. The fourth-order valence-electron chi connectivity index (χ4n) is 3.32. The van der Waals surface area contributed by atoms with Crippen LogP contribution in [0.1, 0.15) is 70.3 Å². The molecule has 0 spiro atoms. The van der Waals surface area contributed by atoms with Gasteiger partial charge in [-0.15, -0.1) is 0 Å². The van der Waals surface area contributed by atoms with Crippen LogP contribution in [0.2, 0.25) is 0 Å². The van der Waals surface area contributed by atoms with E-state index in [0.717, 1.165) is 44.1 Å². The molecule has 0 heterocycles. The van der Waals surface area contributed by atoms with Crippen LogP contribution in [0.3, 0.4) is 0 Å². The van der Waals surface area contributed by atoms with Gasteiger partial charge in [0, 0.05) is 11.7 Å². The monoisotopic (exact) mass is 360 g/mol. The van der Waals surface area contributed by atoms with Crippen LogP contribution < -0.4 is 10.6 Å². The van der Waals surface area contributed by atoms with Gasteiger partial charge in [0.1, 0.15) is 0 Å². The van der Waals surface area contributed by atoms with Gasteiger partial charge in [-0.25, -0.2) is 4.79 Å². The highest BCUT2D eigenvalue weighted by Crippen LogP contribution is 2.18. The smallest absolute Gasteiger partial charge is 0.411 e. The van der Waals surface area contributed by atoms with E-state index < -0.39 is 6.09 Å². The first kappa shape index (κ1) is 20.3. The third-order valence-corrected chi connectivity index (χ3v) is 4.74.